The van der Waals surface area contributed by atoms with Gasteiger partial charge in [-0.25, -0.2) is 0 Å². The molecule has 1 N–H and O–H groups in total. The van der Waals surface area contributed by atoms with E-state index in [0.717, 1.165) is 15.6 Å². The molecular formula is C13H13BrN2O3. The first-order valence-corrected chi connectivity index (χ1v) is 6.66. The lowest BCUT2D eigenvalue weighted by molar-refractivity contribution is -0.137. The number of carbonyl (C=O) groups is 1. The topological polar surface area (TPSA) is 76.2 Å². The minimum Gasteiger partial charge on any atom is -0.481 e. The van der Waals surface area contributed by atoms with Crippen LogP contribution in [0.2, 0.25) is 0 Å². The highest BCUT2D eigenvalue weighted by Gasteiger charge is 2.11. The fraction of sp³-hybridized carbons (Fsp3) is 0.308. The molecule has 2 aromatic rings. The average Bonchev–Trinajstić information content (AvgIpc) is 2.77. The summed E-state index contributed by atoms with van der Waals surface area (Å²) in [6.07, 6.45) is 1.08. The maximum absolute atomic E-state index is 10.4. The summed E-state index contributed by atoms with van der Waals surface area (Å²) in [6, 6.07) is 5.80. The smallest absolute Gasteiger partial charge is 0.303 e. The van der Waals surface area contributed by atoms with E-state index in [1.165, 1.54) is 0 Å². The van der Waals surface area contributed by atoms with E-state index in [2.05, 4.69) is 26.1 Å². The number of aromatic nitrogens is 2. The van der Waals surface area contributed by atoms with E-state index in [1.807, 2.05) is 25.1 Å². The Hall–Kier alpha value is -1.69. The van der Waals surface area contributed by atoms with Crippen molar-refractivity contribution in [3.63, 3.8) is 0 Å². The number of aryl methyl sites for hydroxylation is 2. The van der Waals surface area contributed by atoms with Gasteiger partial charge in [-0.3, -0.25) is 4.79 Å². The van der Waals surface area contributed by atoms with Crippen molar-refractivity contribution in [1.82, 2.24) is 10.2 Å². The number of benzene rings is 1. The zero-order chi connectivity index (χ0) is 13.8. The molecule has 0 amide bonds. The molecule has 0 aliphatic carbocycles. The molecule has 0 atom stereocenters. The van der Waals surface area contributed by atoms with Crippen molar-refractivity contribution < 1.29 is 14.3 Å². The molecule has 5 nitrogen and oxygen atoms in total. The van der Waals surface area contributed by atoms with E-state index in [0.29, 0.717) is 24.6 Å². The van der Waals surface area contributed by atoms with Crippen LogP contribution in [0.15, 0.2) is 27.1 Å². The Bertz CT molecular complexity index is 595. The maximum atomic E-state index is 10.4. The lowest BCUT2D eigenvalue weighted by atomic mass is 10.1. The first kappa shape index (κ1) is 13.7. The number of rotatable bonds is 5. The summed E-state index contributed by atoms with van der Waals surface area (Å²) < 4.78 is 6.54. The van der Waals surface area contributed by atoms with Gasteiger partial charge in [0.25, 0.3) is 0 Å². The van der Waals surface area contributed by atoms with Crippen LogP contribution >= 0.6 is 15.9 Å². The van der Waals surface area contributed by atoms with Gasteiger partial charge in [0.15, 0.2) is 0 Å². The van der Waals surface area contributed by atoms with Gasteiger partial charge in [-0.2, -0.15) is 0 Å². The quantitative estimate of drug-likeness (QED) is 0.913. The zero-order valence-corrected chi connectivity index (χ0v) is 12.0. The summed E-state index contributed by atoms with van der Waals surface area (Å²) in [5.74, 6) is 0.123. The SMILES string of the molecule is Cc1cc(Br)ccc1-c1nnc(CCCC(=O)O)o1. The predicted molar refractivity (Wildman–Crippen MR) is 72.7 cm³/mol. The molecule has 0 unspecified atom stereocenters. The van der Waals surface area contributed by atoms with Crippen LogP contribution in [0.1, 0.15) is 24.3 Å². The number of carboxylic acids is 1. The Balaban J connectivity index is 2.10. The molecule has 0 fully saturated rings. The fourth-order valence-electron chi connectivity index (χ4n) is 1.72. The lowest BCUT2D eigenvalue weighted by Crippen LogP contribution is -1.95. The number of aliphatic carboxylic acids is 1. The minimum absolute atomic E-state index is 0.106. The van der Waals surface area contributed by atoms with Crippen LogP contribution < -0.4 is 0 Å². The van der Waals surface area contributed by atoms with Crippen molar-refractivity contribution >= 4 is 21.9 Å². The molecule has 100 valence electrons. The van der Waals surface area contributed by atoms with Crippen LogP contribution in [0.3, 0.4) is 0 Å². The van der Waals surface area contributed by atoms with Crippen molar-refractivity contribution in [2.45, 2.75) is 26.2 Å². The van der Waals surface area contributed by atoms with E-state index in [9.17, 15) is 4.79 Å². The van der Waals surface area contributed by atoms with Crippen molar-refractivity contribution in [2.24, 2.45) is 0 Å². The van der Waals surface area contributed by atoms with Crippen LogP contribution in [-0.4, -0.2) is 21.3 Å². The monoisotopic (exact) mass is 324 g/mol. The first-order valence-electron chi connectivity index (χ1n) is 5.87. The normalized spacial score (nSPS) is 10.6. The fourth-order valence-corrected chi connectivity index (χ4v) is 2.20. The third kappa shape index (κ3) is 3.64. The molecule has 2 rings (SSSR count). The summed E-state index contributed by atoms with van der Waals surface area (Å²) in [6.45, 7) is 1.97. The number of halogens is 1. The van der Waals surface area contributed by atoms with Gasteiger partial charge in [0, 0.05) is 22.9 Å². The molecule has 1 aromatic heterocycles. The van der Waals surface area contributed by atoms with Crippen LogP contribution in [0, 0.1) is 6.92 Å². The molecule has 0 aliphatic heterocycles. The Morgan fingerprint density at radius 1 is 1.42 bits per heavy atom. The number of nitrogens with zero attached hydrogens (tertiary/aromatic N) is 2. The maximum Gasteiger partial charge on any atom is 0.303 e. The minimum atomic E-state index is -0.816. The summed E-state index contributed by atoms with van der Waals surface area (Å²) in [4.78, 5) is 10.4. The van der Waals surface area contributed by atoms with Crippen LogP contribution in [0.25, 0.3) is 11.5 Å². The molecule has 0 aliphatic rings. The highest BCUT2D eigenvalue weighted by Crippen LogP contribution is 2.25. The van der Waals surface area contributed by atoms with Gasteiger partial charge >= 0.3 is 5.97 Å². The second kappa shape index (κ2) is 5.97. The predicted octanol–water partition coefficient (Wildman–Crippen LogP) is 3.21. The third-order valence-corrected chi connectivity index (χ3v) is 3.16. The number of hydrogen-bond acceptors (Lipinski definition) is 4. The standard InChI is InChI=1S/C13H13BrN2O3/c1-8-7-9(14)5-6-10(8)13-16-15-11(19-13)3-2-4-12(17)18/h5-7H,2-4H2,1H3,(H,17,18). The molecule has 19 heavy (non-hydrogen) atoms. The second-order valence-electron chi connectivity index (χ2n) is 4.21. The van der Waals surface area contributed by atoms with E-state index in [-0.39, 0.29) is 6.42 Å². The Morgan fingerprint density at radius 2 is 2.21 bits per heavy atom. The highest BCUT2D eigenvalue weighted by molar-refractivity contribution is 9.10. The van der Waals surface area contributed by atoms with Crippen LogP contribution in [0.4, 0.5) is 0 Å². The van der Waals surface area contributed by atoms with Gasteiger partial charge in [-0.05, 0) is 37.1 Å². The highest BCUT2D eigenvalue weighted by atomic mass is 79.9. The third-order valence-electron chi connectivity index (χ3n) is 2.67. The first-order chi connectivity index (χ1) is 9.06. The van der Waals surface area contributed by atoms with E-state index < -0.39 is 5.97 Å². The summed E-state index contributed by atoms with van der Waals surface area (Å²) in [7, 11) is 0. The molecule has 1 heterocycles. The lowest BCUT2D eigenvalue weighted by Gasteiger charge is -2.00. The summed E-state index contributed by atoms with van der Waals surface area (Å²) >= 11 is 3.40. The van der Waals surface area contributed by atoms with Crippen molar-refractivity contribution in [3.05, 3.63) is 34.1 Å². The Labute approximate surface area is 118 Å². The molecule has 0 radical (unpaired) electrons. The van der Waals surface area contributed by atoms with Gasteiger partial charge in [-0.1, -0.05) is 15.9 Å². The molecule has 0 bridgehead atoms. The van der Waals surface area contributed by atoms with Gasteiger partial charge in [0.05, 0.1) is 0 Å². The summed E-state index contributed by atoms with van der Waals surface area (Å²) in [5.41, 5.74) is 1.93. The van der Waals surface area contributed by atoms with E-state index in [4.69, 9.17) is 9.52 Å². The Morgan fingerprint density at radius 3 is 2.89 bits per heavy atom. The van der Waals surface area contributed by atoms with Crippen LogP contribution in [0.5, 0.6) is 0 Å². The van der Waals surface area contributed by atoms with Gasteiger partial charge in [-0.15, -0.1) is 10.2 Å². The Kier molecular flexibility index (Phi) is 4.31. The van der Waals surface area contributed by atoms with Crippen molar-refractivity contribution in [1.29, 1.82) is 0 Å². The van der Waals surface area contributed by atoms with Crippen molar-refractivity contribution in [2.75, 3.05) is 0 Å². The van der Waals surface area contributed by atoms with E-state index >= 15 is 0 Å². The molecule has 0 saturated heterocycles. The summed E-state index contributed by atoms with van der Waals surface area (Å²) in [5, 5.41) is 16.5. The van der Waals surface area contributed by atoms with Crippen LogP contribution in [-0.2, 0) is 11.2 Å². The second-order valence-corrected chi connectivity index (χ2v) is 5.12. The molecule has 0 spiro atoms. The van der Waals surface area contributed by atoms with Gasteiger partial charge < -0.3 is 9.52 Å². The molecule has 0 saturated carbocycles. The van der Waals surface area contributed by atoms with Gasteiger partial charge in [0.2, 0.25) is 11.8 Å². The molecule has 6 heteroatoms. The zero-order valence-electron chi connectivity index (χ0n) is 10.4. The molecule has 1 aromatic carbocycles. The number of hydrogen-bond donors (Lipinski definition) is 1. The largest absolute Gasteiger partial charge is 0.481 e. The molecular weight excluding hydrogens is 312 g/mol. The average molecular weight is 325 g/mol. The number of carboxylic acid groups (broad SMARTS) is 1. The van der Waals surface area contributed by atoms with Crippen molar-refractivity contribution in [3.8, 4) is 11.5 Å². The van der Waals surface area contributed by atoms with Gasteiger partial charge in [0.1, 0.15) is 0 Å². The van der Waals surface area contributed by atoms with E-state index in [1.54, 1.807) is 0 Å².